The molecule has 2 aromatic rings. The van der Waals surface area contributed by atoms with Gasteiger partial charge < -0.3 is 10.1 Å². The second-order valence-electron chi connectivity index (χ2n) is 4.07. The highest BCUT2D eigenvalue weighted by atomic mass is 79.9. The maximum Gasteiger partial charge on any atom is 0.147 e. The summed E-state index contributed by atoms with van der Waals surface area (Å²) in [4.78, 5) is 0. The lowest BCUT2D eigenvalue weighted by Gasteiger charge is -2.10. The van der Waals surface area contributed by atoms with E-state index >= 15 is 0 Å². The van der Waals surface area contributed by atoms with Gasteiger partial charge >= 0.3 is 0 Å². The molecule has 2 nitrogen and oxygen atoms in total. The smallest absolute Gasteiger partial charge is 0.147 e. The fraction of sp³-hybridized carbons (Fsp3) is 0.143. The van der Waals surface area contributed by atoms with Gasteiger partial charge in [0.25, 0.3) is 0 Å². The summed E-state index contributed by atoms with van der Waals surface area (Å²) in [7, 11) is 1.53. The summed E-state index contributed by atoms with van der Waals surface area (Å²) in [5, 5.41) is 3.29. The Balaban J connectivity index is 2.13. The third-order valence-corrected chi connectivity index (χ3v) is 3.61. The van der Waals surface area contributed by atoms with Crippen LogP contribution in [0.15, 0.2) is 34.8 Å². The van der Waals surface area contributed by atoms with Crippen molar-refractivity contribution in [3.63, 3.8) is 0 Å². The summed E-state index contributed by atoms with van der Waals surface area (Å²) in [6, 6.07) is 7.41. The topological polar surface area (TPSA) is 21.3 Å². The zero-order chi connectivity index (χ0) is 14.7. The largest absolute Gasteiger partial charge is 0.495 e. The molecular weight excluding hydrogens is 352 g/mol. The van der Waals surface area contributed by atoms with Gasteiger partial charge in [0.2, 0.25) is 0 Å². The molecule has 0 saturated heterocycles. The van der Waals surface area contributed by atoms with Crippen molar-refractivity contribution in [1.29, 1.82) is 0 Å². The molecule has 0 radical (unpaired) electrons. The molecule has 6 heteroatoms. The maximum absolute atomic E-state index is 13.6. The molecule has 0 bridgehead atoms. The average Bonchev–Trinajstić information content (AvgIpc) is 2.41. The quantitative estimate of drug-likeness (QED) is 0.773. The second kappa shape index (κ2) is 6.41. The Hall–Kier alpha value is -1.33. The molecule has 0 aliphatic heterocycles. The predicted molar refractivity (Wildman–Crippen MR) is 79.4 cm³/mol. The number of methoxy groups -OCH3 is 1. The molecule has 0 aliphatic rings. The zero-order valence-electron chi connectivity index (χ0n) is 10.5. The molecule has 1 N–H and O–H groups in total. The van der Waals surface area contributed by atoms with E-state index in [-0.39, 0.29) is 10.2 Å². The van der Waals surface area contributed by atoms with Crippen molar-refractivity contribution in [2.75, 3.05) is 12.4 Å². The number of hydrogen-bond acceptors (Lipinski definition) is 2. The summed E-state index contributed by atoms with van der Waals surface area (Å²) < 4.78 is 32.1. The molecule has 0 spiro atoms. The maximum atomic E-state index is 13.6. The standard InChI is InChI=1S/C14H11BrClF2NO/c1-20-14-3-2-8(4-10(14)16)7-19-13-6-11(17)9(15)5-12(13)18/h2-6,19H,7H2,1H3. The minimum atomic E-state index is -0.530. The molecule has 106 valence electrons. The summed E-state index contributed by atoms with van der Waals surface area (Å²) in [5.74, 6) is -0.490. The first-order valence-electron chi connectivity index (χ1n) is 5.72. The predicted octanol–water partition coefficient (Wildman–Crippen LogP) is 5.00. The van der Waals surface area contributed by atoms with Gasteiger partial charge in [-0.15, -0.1) is 0 Å². The van der Waals surface area contributed by atoms with E-state index < -0.39 is 11.6 Å². The molecule has 0 saturated carbocycles. The van der Waals surface area contributed by atoms with Crippen LogP contribution in [-0.2, 0) is 6.54 Å². The van der Waals surface area contributed by atoms with Crippen molar-refractivity contribution < 1.29 is 13.5 Å². The van der Waals surface area contributed by atoms with Gasteiger partial charge in [0.15, 0.2) is 0 Å². The molecule has 0 fully saturated rings. The lowest BCUT2D eigenvalue weighted by Crippen LogP contribution is -2.02. The van der Waals surface area contributed by atoms with Crippen LogP contribution in [0, 0.1) is 11.6 Å². The molecule has 0 unspecified atom stereocenters. The van der Waals surface area contributed by atoms with Gasteiger partial charge in [-0.1, -0.05) is 17.7 Å². The van der Waals surface area contributed by atoms with Crippen LogP contribution in [0.2, 0.25) is 5.02 Å². The van der Waals surface area contributed by atoms with Crippen LogP contribution in [0.4, 0.5) is 14.5 Å². The van der Waals surface area contributed by atoms with E-state index in [1.807, 2.05) is 0 Å². The van der Waals surface area contributed by atoms with E-state index in [9.17, 15) is 8.78 Å². The number of nitrogens with one attached hydrogen (secondary N) is 1. The van der Waals surface area contributed by atoms with Gasteiger partial charge in [-0.2, -0.15) is 0 Å². The van der Waals surface area contributed by atoms with Crippen molar-refractivity contribution >= 4 is 33.2 Å². The third kappa shape index (κ3) is 3.41. The van der Waals surface area contributed by atoms with Crippen molar-refractivity contribution in [2.24, 2.45) is 0 Å². The van der Waals surface area contributed by atoms with Crippen molar-refractivity contribution in [1.82, 2.24) is 0 Å². The van der Waals surface area contributed by atoms with Gasteiger partial charge in [-0.05, 0) is 39.7 Å². The van der Waals surface area contributed by atoms with Crippen LogP contribution in [0.3, 0.4) is 0 Å². The fourth-order valence-electron chi connectivity index (χ4n) is 1.68. The molecule has 0 aliphatic carbocycles. The lowest BCUT2D eigenvalue weighted by molar-refractivity contribution is 0.415. The van der Waals surface area contributed by atoms with Gasteiger partial charge in [-0.3, -0.25) is 0 Å². The van der Waals surface area contributed by atoms with Crippen LogP contribution < -0.4 is 10.1 Å². The van der Waals surface area contributed by atoms with Crippen LogP contribution in [0.5, 0.6) is 5.75 Å². The Labute approximate surface area is 128 Å². The first kappa shape index (κ1) is 15.1. The Morgan fingerprint density at radius 1 is 1.20 bits per heavy atom. The summed E-state index contributed by atoms with van der Waals surface area (Å²) in [6.07, 6.45) is 0. The zero-order valence-corrected chi connectivity index (χ0v) is 12.9. The van der Waals surface area contributed by atoms with E-state index in [1.165, 1.54) is 7.11 Å². The van der Waals surface area contributed by atoms with Crippen LogP contribution >= 0.6 is 27.5 Å². The van der Waals surface area contributed by atoms with Crippen LogP contribution in [-0.4, -0.2) is 7.11 Å². The van der Waals surface area contributed by atoms with Crippen LogP contribution in [0.25, 0.3) is 0 Å². The Kier molecular flexibility index (Phi) is 4.83. The monoisotopic (exact) mass is 361 g/mol. The van der Waals surface area contributed by atoms with Crippen molar-refractivity contribution in [3.8, 4) is 5.75 Å². The van der Waals surface area contributed by atoms with E-state index in [2.05, 4.69) is 21.2 Å². The van der Waals surface area contributed by atoms with E-state index in [4.69, 9.17) is 16.3 Å². The fourth-order valence-corrected chi connectivity index (χ4v) is 2.27. The van der Waals surface area contributed by atoms with E-state index in [1.54, 1.807) is 18.2 Å². The number of ether oxygens (including phenoxy) is 1. The Bertz CT molecular complexity index is 637. The molecule has 0 heterocycles. The summed E-state index contributed by atoms with van der Waals surface area (Å²) in [6.45, 7) is 0.321. The molecule has 20 heavy (non-hydrogen) atoms. The number of hydrogen-bond donors (Lipinski definition) is 1. The molecule has 0 atom stereocenters. The van der Waals surface area contributed by atoms with E-state index in [0.717, 1.165) is 17.7 Å². The number of halogens is 4. The molecule has 0 amide bonds. The van der Waals surface area contributed by atoms with Gasteiger partial charge in [0, 0.05) is 12.6 Å². The SMILES string of the molecule is COc1ccc(CNc2cc(F)c(Br)cc2F)cc1Cl. The molecule has 2 rings (SSSR count). The summed E-state index contributed by atoms with van der Waals surface area (Å²) in [5.41, 5.74) is 0.927. The lowest BCUT2D eigenvalue weighted by atomic mass is 10.2. The minimum absolute atomic E-state index is 0.0908. The summed E-state index contributed by atoms with van der Waals surface area (Å²) >= 11 is 8.92. The highest BCUT2D eigenvalue weighted by Gasteiger charge is 2.08. The van der Waals surface area contributed by atoms with Crippen molar-refractivity contribution in [2.45, 2.75) is 6.54 Å². The van der Waals surface area contributed by atoms with Crippen molar-refractivity contribution in [3.05, 3.63) is 57.0 Å². The third-order valence-electron chi connectivity index (χ3n) is 2.71. The van der Waals surface area contributed by atoms with Gasteiger partial charge in [0.1, 0.15) is 17.4 Å². The highest BCUT2D eigenvalue weighted by molar-refractivity contribution is 9.10. The highest BCUT2D eigenvalue weighted by Crippen LogP contribution is 2.26. The first-order valence-corrected chi connectivity index (χ1v) is 6.89. The average molecular weight is 363 g/mol. The minimum Gasteiger partial charge on any atom is -0.495 e. The Morgan fingerprint density at radius 3 is 2.60 bits per heavy atom. The molecule has 0 aromatic heterocycles. The normalized spacial score (nSPS) is 10.4. The van der Waals surface area contributed by atoms with Gasteiger partial charge in [-0.25, -0.2) is 8.78 Å². The molecule has 2 aromatic carbocycles. The number of rotatable bonds is 4. The second-order valence-corrected chi connectivity index (χ2v) is 5.33. The number of benzene rings is 2. The molecular formula is C14H11BrClF2NO. The van der Waals surface area contributed by atoms with E-state index in [0.29, 0.717) is 17.3 Å². The first-order chi connectivity index (χ1) is 9.51. The Morgan fingerprint density at radius 2 is 1.95 bits per heavy atom. The van der Waals surface area contributed by atoms with Crippen LogP contribution in [0.1, 0.15) is 5.56 Å². The van der Waals surface area contributed by atoms with Gasteiger partial charge in [0.05, 0.1) is 22.3 Å². The number of anilines is 1.